The molecule has 0 atom stereocenters. The second kappa shape index (κ2) is 5.74. The Kier molecular flexibility index (Phi) is 4.05. The van der Waals surface area contributed by atoms with Crippen LogP contribution in [-0.2, 0) is 6.54 Å². The average molecular weight is 244 g/mol. The molecule has 2 nitrogen and oxygen atoms in total. The molecule has 1 N–H and O–H groups in total. The molecule has 1 heterocycles. The lowest BCUT2D eigenvalue weighted by molar-refractivity contribution is 0.582. The number of aromatic nitrogens is 1. The van der Waals surface area contributed by atoms with Crippen LogP contribution in [0.1, 0.15) is 19.4 Å². The summed E-state index contributed by atoms with van der Waals surface area (Å²) in [6.45, 7) is 4.80. The summed E-state index contributed by atoms with van der Waals surface area (Å²) in [7, 11) is 0. The van der Waals surface area contributed by atoms with Gasteiger partial charge in [0.2, 0.25) is 0 Å². The molecule has 0 radical (unpaired) electrons. The van der Waals surface area contributed by atoms with E-state index in [0.29, 0.717) is 12.6 Å². The molecular formula is C15H17FN2. The van der Waals surface area contributed by atoms with E-state index < -0.39 is 0 Å². The first-order valence-electron chi connectivity index (χ1n) is 6.09. The van der Waals surface area contributed by atoms with Crippen molar-refractivity contribution in [3.8, 4) is 11.1 Å². The molecule has 94 valence electrons. The summed E-state index contributed by atoms with van der Waals surface area (Å²) in [5.74, 6) is -0.205. The SMILES string of the molecule is CC(C)NCc1cc(F)ccc1-c1cccnc1. The molecule has 0 saturated carbocycles. The van der Waals surface area contributed by atoms with E-state index in [0.717, 1.165) is 16.7 Å². The van der Waals surface area contributed by atoms with E-state index in [4.69, 9.17) is 0 Å². The van der Waals surface area contributed by atoms with Crippen molar-refractivity contribution in [2.45, 2.75) is 26.4 Å². The largest absolute Gasteiger partial charge is 0.310 e. The number of hydrogen-bond donors (Lipinski definition) is 1. The number of hydrogen-bond acceptors (Lipinski definition) is 2. The first-order chi connectivity index (χ1) is 8.66. The van der Waals surface area contributed by atoms with E-state index in [1.165, 1.54) is 6.07 Å². The van der Waals surface area contributed by atoms with Crippen LogP contribution in [-0.4, -0.2) is 11.0 Å². The number of benzene rings is 1. The number of nitrogens with zero attached hydrogens (tertiary/aromatic N) is 1. The van der Waals surface area contributed by atoms with Crippen molar-refractivity contribution < 1.29 is 4.39 Å². The lowest BCUT2D eigenvalue weighted by Gasteiger charge is -2.13. The Morgan fingerprint density at radius 3 is 2.78 bits per heavy atom. The molecule has 0 aliphatic carbocycles. The van der Waals surface area contributed by atoms with Crippen LogP contribution in [0.25, 0.3) is 11.1 Å². The zero-order valence-corrected chi connectivity index (χ0v) is 10.7. The molecule has 2 aromatic rings. The smallest absolute Gasteiger partial charge is 0.123 e. The molecule has 18 heavy (non-hydrogen) atoms. The third-order valence-electron chi connectivity index (χ3n) is 2.74. The maximum atomic E-state index is 13.3. The van der Waals surface area contributed by atoms with Gasteiger partial charge in [-0.25, -0.2) is 4.39 Å². The standard InChI is InChI=1S/C15H17FN2/c1-11(2)18-10-13-8-14(16)5-6-15(13)12-4-3-7-17-9-12/h3-9,11,18H,10H2,1-2H3. The van der Waals surface area contributed by atoms with Gasteiger partial charge in [0.15, 0.2) is 0 Å². The highest BCUT2D eigenvalue weighted by Gasteiger charge is 2.07. The zero-order valence-electron chi connectivity index (χ0n) is 10.7. The van der Waals surface area contributed by atoms with Crippen LogP contribution in [0.15, 0.2) is 42.7 Å². The van der Waals surface area contributed by atoms with Crippen LogP contribution in [0, 0.1) is 5.82 Å². The number of halogens is 1. The predicted molar refractivity (Wildman–Crippen MR) is 71.6 cm³/mol. The number of nitrogens with one attached hydrogen (secondary N) is 1. The van der Waals surface area contributed by atoms with E-state index in [1.807, 2.05) is 18.2 Å². The minimum atomic E-state index is -0.205. The van der Waals surface area contributed by atoms with Crippen molar-refractivity contribution in [1.82, 2.24) is 10.3 Å². The Labute approximate surface area is 107 Å². The third-order valence-corrected chi connectivity index (χ3v) is 2.74. The maximum Gasteiger partial charge on any atom is 0.123 e. The normalized spacial score (nSPS) is 10.9. The molecule has 0 spiro atoms. The van der Waals surface area contributed by atoms with Gasteiger partial charge >= 0.3 is 0 Å². The van der Waals surface area contributed by atoms with Crippen LogP contribution >= 0.6 is 0 Å². The van der Waals surface area contributed by atoms with E-state index in [-0.39, 0.29) is 5.82 Å². The topological polar surface area (TPSA) is 24.9 Å². The van der Waals surface area contributed by atoms with E-state index in [2.05, 4.69) is 24.1 Å². The molecule has 2 rings (SSSR count). The van der Waals surface area contributed by atoms with Crippen LogP contribution in [0.3, 0.4) is 0 Å². The van der Waals surface area contributed by atoms with Gasteiger partial charge in [-0.2, -0.15) is 0 Å². The summed E-state index contributed by atoms with van der Waals surface area (Å²) >= 11 is 0. The van der Waals surface area contributed by atoms with E-state index in [9.17, 15) is 4.39 Å². The molecule has 0 amide bonds. The zero-order chi connectivity index (χ0) is 13.0. The van der Waals surface area contributed by atoms with Crippen molar-refractivity contribution >= 4 is 0 Å². The first-order valence-corrected chi connectivity index (χ1v) is 6.09. The van der Waals surface area contributed by atoms with Crippen molar-refractivity contribution in [3.63, 3.8) is 0 Å². The van der Waals surface area contributed by atoms with Gasteiger partial charge in [0.25, 0.3) is 0 Å². The van der Waals surface area contributed by atoms with Gasteiger partial charge in [0.1, 0.15) is 5.82 Å². The summed E-state index contributed by atoms with van der Waals surface area (Å²) in [6, 6.07) is 9.12. The summed E-state index contributed by atoms with van der Waals surface area (Å²) < 4.78 is 13.3. The lowest BCUT2D eigenvalue weighted by Crippen LogP contribution is -2.22. The van der Waals surface area contributed by atoms with Gasteiger partial charge in [-0.05, 0) is 29.3 Å². The monoisotopic (exact) mass is 244 g/mol. The summed E-state index contributed by atoms with van der Waals surface area (Å²) in [4.78, 5) is 4.11. The molecule has 0 fully saturated rings. The highest BCUT2D eigenvalue weighted by molar-refractivity contribution is 5.66. The fourth-order valence-electron chi connectivity index (χ4n) is 1.83. The van der Waals surface area contributed by atoms with Gasteiger partial charge in [-0.3, -0.25) is 4.98 Å². The molecule has 0 aliphatic rings. The van der Waals surface area contributed by atoms with Crippen molar-refractivity contribution in [2.75, 3.05) is 0 Å². The Morgan fingerprint density at radius 1 is 1.28 bits per heavy atom. The molecule has 1 aromatic heterocycles. The fourth-order valence-corrected chi connectivity index (χ4v) is 1.83. The first kappa shape index (κ1) is 12.7. The van der Waals surface area contributed by atoms with Crippen molar-refractivity contribution in [2.24, 2.45) is 0 Å². The highest BCUT2D eigenvalue weighted by Crippen LogP contribution is 2.23. The van der Waals surface area contributed by atoms with Gasteiger partial charge in [0.05, 0.1) is 0 Å². The highest BCUT2D eigenvalue weighted by atomic mass is 19.1. The molecule has 0 saturated heterocycles. The lowest BCUT2D eigenvalue weighted by atomic mass is 10.0. The van der Waals surface area contributed by atoms with Gasteiger partial charge in [-0.1, -0.05) is 26.0 Å². The van der Waals surface area contributed by atoms with Gasteiger partial charge in [0, 0.05) is 30.5 Å². The molecule has 1 aromatic carbocycles. The summed E-state index contributed by atoms with van der Waals surface area (Å²) in [5, 5.41) is 3.31. The quantitative estimate of drug-likeness (QED) is 0.891. The average Bonchev–Trinajstić information content (AvgIpc) is 2.37. The molecule has 0 aliphatic heterocycles. The molecular weight excluding hydrogens is 227 g/mol. The van der Waals surface area contributed by atoms with Crippen LogP contribution in [0.4, 0.5) is 4.39 Å². The summed E-state index contributed by atoms with van der Waals surface area (Å²) in [5.41, 5.74) is 2.99. The Morgan fingerprint density at radius 2 is 2.11 bits per heavy atom. The van der Waals surface area contributed by atoms with E-state index in [1.54, 1.807) is 18.5 Å². The number of pyridine rings is 1. The molecule has 3 heteroatoms. The molecule has 0 unspecified atom stereocenters. The second-order valence-electron chi connectivity index (χ2n) is 4.58. The second-order valence-corrected chi connectivity index (χ2v) is 4.58. The minimum Gasteiger partial charge on any atom is -0.310 e. The van der Waals surface area contributed by atoms with Crippen LogP contribution < -0.4 is 5.32 Å². The van der Waals surface area contributed by atoms with Crippen LogP contribution in [0.5, 0.6) is 0 Å². The van der Waals surface area contributed by atoms with Gasteiger partial charge in [-0.15, -0.1) is 0 Å². The maximum absolute atomic E-state index is 13.3. The Hall–Kier alpha value is -1.74. The molecule has 0 bridgehead atoms. The predicted octanol–water partition coefficient (Wildman–Crippen LogP) is 3.39. The van der Waals surface area contributed by atoms with Gasteiger partial charge < -0.3 is 5.32 Å². The fraction of sp³-hybridized carbons (Fsp3) is 0.267. The van der Waals surface area contributed by atoms with Crippen LogP contribution in [0.2, 0.25) is 0 Å². The third kappa shape index (κ3) is 3.14. The van der Waals surface area contributed by atoms with E-state index >= 15 is 0 Å². The van der Waals surface area contributed by atoms with Crippen molar-refractivity contribution in [1.29, 1.82) is 0 Å². The summed E-state index contributed by atoms with van der Waals surface area (Å²) in [6.07, 6.45) is 3.53. The Balaban J connectivity index is 2.35. The van der Waals surface area contributed by atoms with Crippen molar-refractivity contribution in [3.05, 3.63) is 54.1 Å². The number of rotatable bonds is 4. The minimum absolute atomic E-state index is 0.205. The Bertz CT molecular complexity index is 509.